The number of hydrogen-bond acceptors (Lipinski definition) is 4. The van der Waals surface area contributed by atoms with Gasteiger partial charge in [-0.25, -0.2) is 9.78 Å². The first-order valence-electron chi connectivity index (χ1n) is 3.86. The normalized spacial score (nSPS) is 8.69. The van der Waals surface area contributed by atoms with E-state index in [2.05, 4.69) is 9.72 Å². The Labute approximate surface area is 86.7 Å². The van der Waals surface area contributed by atoms with Gasteiger partial charge in [0.25, 0.3) is 0 Å². The predicted molar refractivity (Wildman–Crippen MR) is 54.5 cm³/mol. The number of methoxy groups -OCH3 is 1. The minimum atomic E-state index is -0.383. The van der Waals surface area contributed by atoms with E-state index >= 15 is 0 Å². The van der Waals surface area contributed by atoms with Crippen molar-refractivity contribution < 1.29 is 9.53 Å². The van der Waals surface area contributed by atoms with E-state index in [9.17, 15) is 4.79 Å². The first-order valence-corrected chi connectivity index (χ1v) is 5.06. The van der Waals surface area contributed by atoms with Gasteiger partial charge in [-0.2, -0.15) is 0 Å². The Bertz CT molecular complexity index is 286. The van der Waals surface area contributed by atoms with E-state index < -0.39 is 0 Å². The number of nitrogens with zero attached hydrogens (tertiary/aromatic N) is 1. The number of carbonyl (C=O) groups is 1. The van der Waals surface area contributed by atoms with Crippen molar-refractivity contribution in [2.75, 3.05) is 7.11 Å². The van der Waals surface area contributed by atoms with Crippen molar-refractivity contribution in [1.82, 2.24) is 4.98 Å². The second kappa shape index (κ2) is 5.94. The largest absolute Gasteiger partial charge is 0.465 e. The van der Waals surface area contributed by atoms with E-state index in [-0.39, 0.29) is 5.97 Å². The molecule has 0 bridgehead atoms. The number of aryl methyl sites for hydroxylation is 1. The number of ether oxygens (including phenoxy) is 1. The molecule has 0 aromatic carbocycles. The molecule has 0 aliphatic carbocycles. The van der Waals surface area contributed by atoms with E-state index in [1.165, 1.54) is 7.11 Å². The number of halogens is 1. The van der Waals surface area contributed by atoms with Crippen molar-refractivity contribution in [1.29, 1.82) is 0 Å². The Kier molecular flexibility index (Phi) is 5.66. The fraction of sp³-hybridized carbons (Fsp3) is 0.500. The van der Waals surface area contributed by atoms with Crippen LogP contribution in [0.15, 0.2) is 0 Å². The molecule has 0 aliphatic rings. The smallest absolute Gasteiger partial charge is 0.350 e. The zero-order valence-corrected chi connectivity index (χ0v) is 9.62. The number of carbonyl (C=O) groups excluding carboxylic acids is 1. The Morgan fingerprint density at radius 1 is 1.54 bits per heavy atom. The average molecular weight is 222 g/mol. The first-order chi connectivity index (χ1) is 6.15. The Hall–Kier alpha value is -0.610. The van der Waals surface area contributed by atoms with Crippen LogP contribution >= 0.6 is 22.9 Å². The molecule has 0 aliphatic heterocycles. The summed E-state index contributed by atoms with van der Waals surface area (Å²) in [5, 5.41) is 0. The lowest BCUT2D eigenvalue weighted by atomic mass is 10.4. The lowest BCUT2D eigenvalue weighted by molar-refractivity contribution is 0.0605. The van der Waals surface area contributed by atoms with E-state index in [4.69, 9.17) is 11.6 Å². The molecule has 1 rings (SSSR count). The van der Waals surface area contributed by atoms with Gasteiger partial charge in [0.05, 0.1) is 12.8 Å². The monoisotopic (exact) mass is 221 g/mol. The molecule has 0 amide bonds. The summed E-state index contributed by atoms with van der Waals surface area (Å²) in [5.74, 6) is -0.383. The van der Waals surface area contributed by atoms with E-state index in [1.807, 2.05) is 13.8 Å². The summed E-state index contributed by atoms with van der Waals surface area (Å²) in [6.07, 6.45) is 0. The highest BCUT2D eigenvalue weighted by Gasteiger charge is 2.13. The maximum Gasteiger partial charge on any atom is 0.350 e. The molecule has 1 heterocycles. The van der Waals surface area contributed by atoms with Crippen LogP contribution in [0.25, 0.3) is 0 Å². The fourth-order valence-corrected chi connectivity index (χ4v) is 1.71. The molecule has 0 atom stereocenters. The highest BCUT2D eigenvalue weighted by atomic mass is 35.5. The quantitative estimate of drug-likeness (QED) is 0.685. The van der Waals surface area contributed by atoms with Crippen LogP contribution in [0.2, 0.25) is 4.47 Å². The maximum absolute atomic E-state index is 10.9. The molecular formula is C8H12ClNO2S. The molecular weight excluding hydrogens is 210 g/mol. The Morgan fingerprint density at radius 2 is 2.08 bits per heavy atom. The van der Waals surface area contributed by atoms with Crippen LogP contribution in [-0.4, -0.2) is 18.1 Å². The molecule has 1 aromatic heterocycles. The van der Waals surface area contributed by atoms with Gasteiger partial charge < -0.3 is 4.74 Å². The summed E-state index contributed by atoms with van der Waals surface area (Å²) in [7, 11) is 1.33. The topological polar surface area (TPSA) is 39.2 Å². The molecule has 13 heavy (non-hydrogen) atoms. The molecule has 74 valence electrons. The van der Waals surface area contributed by atoms with Gasteiger partial charge in [-0.3, -0.25) is 0 Å². The molecule has 0 saturated carbocycles. The van der Waals surface area contributed by atoms with Gasteiger partial charge in [0, 0.05) is 0 Å². The van der Waals surface area contributed by atoms with Crippen LogP contribution in [-0.2, 0) is 4.74 Å². The summed E-state index contributed by atoms with van der Waals surface area (Å²) in [6, 6.07) is 0. The molecule has 0 N–H and O–H groups in total. The Morgan fingerprint density at radius 3 is 2.38 bits per heavy atom. The lowest BCUT2D eigenvalue weighted by Crippen LogP contribution is -1.99. The van der Waals surface area contributed by atoms with Crippen molar-refractivity contribution in [3.63, 3.8) is 0 Å². The molecule has 0 unspecified atom stereocenters. The van der Waals surface area contributed by atoms with Crippen LogP contribution < -0.4 is 0 Å². The molecule has 0 fully saturated rings. The van der Waals surface area contributed by atoms with Gasteiger partial charge >= 0.3 is 5.97 Å². The summed E-state index contributed by atoms with van der Waals surface area (Å²) in [5.41, 5.74) is 0.617. The van der Waals surface area contributed by atoms with Crippen molar-refractivity contribution in [3.05, 3.63) is 15.0 Å². The third kappa shape index (κ3) is 3.32. The fourth-order valence-electron chi connectivity index (χ4n) is 0.646. The van der Waals surface area contributed by atoms with Gasteiger partial charge in [0.1, 0.15) is 4.88 Å². The van der Waals surface area contributed by atoms with E-state index in [0.717, 1.165) is 11.3 Å². The van der Waals surface area contributed by atoms with Crippen molar-refractivity contribution in [3.8, 4) is 0 Å². The summed E-state index contributed by atoms with van der Waals surface area (Å²) < 4.78 is 4.87. The lowest BCUT2D eigenvalue weighted by Gasteiger charge is -1.92. The van der Waals surface area contributed by atoms with Crippen molar-refractivity contribution >= 4 is 28.9 Å². The third-order valence-electron chi connectivity index (χ3n) is 1.14. The van der Waals surface area contributed by atoms with Gasteiger partial charge in [-0.1, -0.05) is 36.8 Å². The standard InChI is InChI=1S/C6H6ClNO2S.C2H6/c1-3-4(5(9)10-2)11-6(7)8-3;1-2/h1-2H3;1-2H3. The second-order valence-electron chi connectivity index (χ2n) is 1.87. The second-order valence-corrected chi connectivity index (χ2v) is 3.45. The Balaban J connectivity index is 0.000000671. The SMILES string of the molecule is CC.COC(=O)c1sc(Cl)nc1C. The zero-order valence-electron chi connectivity index (χ0n) is 8.05. The molecule has 5 heteroatoms. The summed E-state index contributed by atoms with van der Waals surface area (Å²) >= 11 is 6.69. The zero-order chi connectivity index (χ0) is 10.4. The molecule has 0 saturated heterocycles. The van der Waals surface area contributed by atoms with Crippen LogP contribution in [0.5, 0.6) is 0 Å². The minimum absolute atomic E-state index is 0.364. The average Bonchev–Trinajstić information content (AvgIpc) is 2.47. The summed E-state index contributed by atoms with van der Waals surface area (Å²) in [4.78, 5) is 15.3. The number of esters is 1. The molecule has 0 spiro atoms. The van der Waals surface area contributed by atoms with Gasteiger partial charge in [0.15, 0.2) is 4.47 Å². The van der Waals surface area contributed by atoms with Crippen LogP contribution in [0.3, 0.4) is 0 Å². The highest BCUT2D eigenvalue weighted by molar-refractivity contribution is 7.17. The number of thiazole rings is 1. The first kappa shape index (κ1) is 12.4. The number of hydrogen-bond donors (Lipinski definition) is 0. The summed E-state index contributed by atoms with van der Waals surface area (Å²) in [6.45, 7) is 5.72. The van der Waals surface area contributed by atoms with Gasteiger partial charge in [0.2, 0.25) is 0 Å². The van der Waals surface area contributed by atoms with E-state index in [1.54, 1.807) is 6.92 Å². The van der Waals surface area contributed by atoms with Crippen LogP contribution in [0, 0.1) is 6.92 Å². The highest BCUT2D eigenvalue weighted by Crippen LogP contribution is 2.22. The minimum Gasteiger partial charge on any atom is -0.465 e. The predicted octanol–water partition coefficient (Wildman–Crippen LogP) is 2.92. The van der Waals surface area contributed by atoms with Gasteiger partial charge in [-0.05, 0) is 6.92 Å². The molecule has 0 radical (unpaired) electrons. The van der Waals surface area contributed by atoms with E-state index in [0.29, 0.717) is 15.0 Å². The van der Waals surface area contributed by atoms with Crippen LogP contribution in [0.1, 0.15) is 29.2 Å². The maximum atomic E-state index is 10.9. The third-order valence-corrected chi connectivity index (χ3v) is 2.38. The number of aromatic nitrogens is 1. The molecule has 1 aromatic rings. The van der Waals surface area contributed by atoms with Crippen molar-refractivity contribution in [2.24, 2.45) is 0 Å². The van der Waals surface area contributed by atoms with Crippen molar-refractivity contribution in [2.45, 2.75) is 20.8 Å². The van der Waals surface area contributed by atoms with Crippen LogP contribution in [0.4, 0.5) is 0 Å². The van der Waals surface area contributed by atoms with Gasteiger partial charge in [-0.15, -0.1) is 0 Å². The number of rotatable bonds is 1. The molecule has 3 nitrogen and oxygen atoms in total.